The number of aryl methyl sites for hydroxylation is 1. The SMILES string of the molecule is CCOC(=O)C1=C(CN2CCN(S(=O)(=O)c3ccccc3)[C@H](C)C2)N(C)C(=O)N[C@@H]1c1ccc(C)cc1. The van der Waals surface area contributed by atoms with Crippen LogP contribution in [0.3, 0.4) is 0 Å². The minimum atomic E-state index is -3.62. The first-order valence-electron chi connectivity index (χ1n) is 12.4. The van der Waals surface area contributed by atoms with Gasteiger partial charge < -0.3 is 10.1 Å². The van der Waals surface area contributed by atoms with Crippen LogP contribution < -0.4 is 5.32 Å². The Labute approximate surface area is 218 Å². The van der Waals surface area contributed by atoms with E-state index in [0.717, 1.165) is 11.1 Å². The summed E-state index contributed by atoms with van der Waals surface area (Å²) in [6.45, 7) is 7.33. The van der Waals surface area contributed by atoms with Gasteiger partial charge in [-0.3, -0.25) is 9.80 Å². The third-order valence-electron chi connectivity index (χ3n) is 6.86. The van der Waals surface area contributed by atoms with E-state index < -0.39 is 22.0 Å². The zero-order valence-electron chi connectivity index (χ0n) is 21.7. The highest BCUT2D eigenvalue weighted by molar-refractivity contribution is 7.89. The molecule has 4 rings (SSSR count). The van der Waals surface area contributed by atoms with Gasteiger partial charge in [-0.2, -0.15) is 4.31 Å². The summed E-state index contributed by atoms with van der Waals surface area (Å²) in [7, 11) is -1.99. The van der Waals surface area contributed by atoms with Crippen LogP contribution in [0, 0.1) is 6.92 Å². The molecule has 2 amide bonds. The van der Waals surface area contributed by atoms with Crippen LogP contribution >= 0.6 is 0 Å². The molecular formula is C27H34N4O5S. The van der Waals surface area contributed by atoms with Crippen LogP contribution in [0.15, 0.2) is 70.8 Å². The summed E-state index contributed by atoms with van der Waals surface area (Å²) in [6.07, 6.45) is 0. The maximum Gasteiger partial charge on any atom is 0.338 e. The number of hydrogen-bond donors (Lipinski definition) is 1. The number of nitrogens with zero attached hydrogens (tertiary/aromatic N) is 3. The summed E-state index contributed by atoms with van der Waals surface area (Å²) in [5, 5.41) is 2.93. The minimum absolute atomic E-state index is 0.209. The van der Waals surface area contributed by atoms with Crippen molar-refractivity contribution in [3.63, 3.8) is 0 Å². The Kier molecular flexibility index (Phi) is 8.01. The highest BCUT2D eigenvalue weighted by Gasteiger charge is 2.39. The molecule has 0 spiro atoms. The molecule has 9 nitrogen and oxygen atoms in total. The zero-order valence-corrected chi connectivity index (χ0v) is 22.5. The summed E-state index contributed by atoms with van der Waals surface area (Å²) < 4.78 is 33.3. The molecule has 2 heterocycles. The minimum Gasteiger partial charge on any atom is -0.463 e. The highest BCUT2D eigenvalue weighted by Crippen LogP contribution is 2.32. The number of sulfonamides is 1. The molecule has 2 aromatic carbocycles. The summed E-state index contributed by atoms with van der Waals surface area (Å²) >= 11 is 0. The van der Waals surface area contributed by atoms with Gasteiger partial charge in [0.2, 0.25) is 10.0 Å². The van der Waals surface area contributed by atoms with E-state index in [9.17, 15) is 18.0 Å². The number of nitrogens with one attached hydrogen (secondary N) is 1. The number of esters is 1. The molecule has 0 saturated carbocycles. The second-order valence-electron chi connectivity index (χ2n) is 9.45. The molecule has 2 atom stereocenters. The van der Waals surface area contributed by atoms with Crippen molar-refractivity contribution in [3.05, 3.63) is 77.0 Å². The Balaban J connectivity index is 1.62. The van der Waals surface area contributed by atoms with Crippen LogP contribution in [0.1, 0.15) is 31.0 Å². The van der Waals surface area contributed by atoms with Gasteiger partial charge in [-0.1, -0.05) is 48.0 Å². The van der Waals surface area contributed by atoms with Crippen molar-refractivity contribution in [2.75, 3.05) is 39.8 Å². The van der Waals surface area contributed by atoms with Gasteiger partial charge in [-0.05, 0) is 38.5 Å². The molecule has 2 aromatic rings. The van der Waals surface area contributed by atoms with Gasteiger partial charge >= 0.3 is 12.0 Å². The number of hydrogen-bond acceptors (Lipinski definition) is 6. The van der Waals surface area contributed by atoms with Crippen LogP contribution in [-0.4, -0.2) is 80.4 Å². The smallest absolute Gasteiger partial charge is 0.338 e. The predicted molar refractivity (Wildman–Crippen MR) is 140 cm³/mol. The average molecular weight is 527 g/mol. The summed E-state index contributed by atoms with van der Waals surface area (Å²) in [5.74, 6) is -0.478. The molecule has 2 aliphatic rings. The molecule has 0 bridgehead atoms. The lowest BCUT2D eigenvalue weighted by Gasteiger charge is -2.41. The molecule has 2 aliphatic heterocycles. The zero-order chi connectivity index (χ0) is 26.7. The fourth-order valence-electron chi connectivity index (χ4n) is 4.86. The first-order chi connectivity index (χ1) is 17.6. The largest absolute Gasteiger partial charge is 0.463 e. The first kappa shape index (κ1) is 26.8. The number of likely N-dealkylation sites (N-methyl/N-ethyl adjacent to an activating group) is 1. The van der Waals surface area contributed by atoms with Crippen molar-refractivity contribution >= 4 is 22.0 Å². The summed E-state index contributed by atoms with van der Waals surface area (Å²) in [6, 6.07) is 14.9. The molecule has 37 heavy (non-hydrogen) atoms. The van der Waals surface area contributed by atoms with E-state index in [1.54, 1.807) is 44.3 Å². The van der Waals surface area contributed by atoms with E-state index in [2.05, 4.69) is 10.2 Å². The molecule has 0 unspecified atom stereocenters. The van der Waals surface area contributed by atoms with Crippen molar-refractivity contribution in [2.45, 2.75) is 37.8 Å². The highest BCUT2D eigenvalue weighted by atomic mass is 32.2. The number of piperazine rings is 1. The van der Waals surface area contributed by atoms with Gasteiger partial charge in [0.05, 0.1) is 23.1 Å². The Morgan fingerprint density at radius 2 is 1.76 bits per heavy atom. The standard InChI is InChI=1S/C27H34N4O5S/c1-5-36-26(32)24-23(29(4)27(33)28-25(24)21-13-11-19(2)12-14-21)18-30-15-16-31(20(3)17-30)37(34,35)22-9-7-6-8-10-22/h6-14,20,25H,5,15-18H2,1-4H3,(H,28,33)/t20-,25-/m1/s1. The molecule has 1 saturated heterocycles. The lowest BCUT2D eigenvalue weighted by molar-refractivity contribution is -0.139. The lowest BCUT2D eigenvalue weighted by atomic mass is 9.93. The van der Waals surface area contributed by atoms with Crippen LogP contribution in [-0.2, 0) is 19.6 Å². The Hall–Kier alpha value is -3.21. The normalized spacial score (nSPS) is 21.6. The monoisotopic (exact) mass is 526 g/mol. The van der Waals surface area contributed by atoms with E-state index in [1.807, 2.05) is 38.1 Å². The van der Waals surface area contributed by atoms with Gasteiger partial charge in [0.1, 0.15) is 0 Å². The number of ether oxygens (including phenoxy) is 1. The molecule has 10 heteroatoms. The molecule has 1 N–H and O–H groups in total. The number of urea groups is 1. The Morgan fingerprint density at radius 1 is 1.08 bits per heavy atom. The van der Waals surface area contributed by atoms with E-state index in [-0.39, 0.29) is 23.6 Å². The number of amides is 2. The molecule has 0 radical (unpaired) electrons. The van der Waals surface area contributed by atoms with Crippen molar-refractivity contribution in [1.82, 2.24) is 19.4 Å². The van der Waals surface area contributed by atoms with E-state index >= 15 is 0 Å². The predicted octanol–water partition coefficient (Wildman–Crippen LogP) is 2.90. The van der Waals surface area contributed by atoms with Crippen LogP contribution in [0.5, 0.6) is 0 Å². The van der Waals surface area contributed by atoms with Crippen molar-refractivity contribution in [3.8, 4) is 0 Å². The third kappa shape index (κ3) is 5.56. The van der Waals surface area contributed by atoms with Crippen LogP contribution in [0.2, 0.25) is 0 Å². The third-order valence-corrected chi connectivity index (χ3v) is 8.88. The number of carbonyl (C=O) groups excluding carboxylic acids is 2. The molecule has 198 valence electrons. The first-order valence-corrected chi connectivity index (χ1v) is 13.9. The topological polar surface area (TPSA) is 99.3 Å². The fraction of sp³-hybridized carbons (Fsp3) is 0.407. The van der Waals surface area contributed by atoms with Gasteiger partial charge in [-0.15, -0.1) is 0 Å². The molecule has 1 fully saturated rings. The average Bonchev–Trinajstić information content (AvgIpc) is 2.87. The maximum atomic E-state index is 13.2. The van der Waals surface area contributed by atoms with E-state index in [1.165, 1.54) is 9.21 Å². The second-order valence-corrected chi connectivity index (χ2v) is 11.3. The van der Waals surface area contributed by atoms with Gasteiger partial charge in [-0.25, -0.2) is 18.0 Å². The van der Waals surface area contributed by atoms with Crippen molar-refractivity contribution < 1.29 is 22.7 Å². The van der Waals surface area contributed by atoms with Gasteiger partial charge in [0.25, 0.3) is 0 Å². The Bertz CT molecular complexity index is 1280. The van der Waals surface area contributed by atoms with Gasteiger partial charge in [0.15, 0.2) is 0 Å². The van der Waals surface area contributed by atoms with Crippen molar-refractivity contribution in [1.29, 1.82) is 0 Å². The molecule has 0 aromatic heterocycles. The number of rotatable bonds is 7. The summed E-state index contributed by atoms with van der Waals surface area (Å²) in [5.41, 5.74) is 2.81. The number of benzene rings is 2. The Morgan fingerprint density at radius 3 is 2.38 bits per heavy atom. The number of carbonyl (C=O) groups is 2. The summed E-state index contributed by atoms with van der Waals surface area (Å²) in [4.78, 5) is 29.9. The van der Waals surface area contributed by atoms with E-state index in [0.29, 0.717) is 37.4 Å². The van der Waals surface area contributed by atoms with Crippen LogP contribution in [0.25, 0.3) is 0 Å². The fourth-order valence-corrected chi connectivity index (χ4v) is 6.50. The molecule has 0 aliphatic carbocycles. The van der Waals surface area contributed by atoms with Gasteiger partial charge in [0, 0.05) is 45.0 Å². The van der Waals surface area contributed by atoms with E-state index in [4.69, 9.17) is 4.74 Å². The lowest BCUT2D eigenvalue weighted by Crippen LogP contribution is -2.56. The van der Waals surface area contributed by atoms with Crippen molar-refractivity contribution in [2.24, 2.45) is 0 Å². The maximum absolute atomic E-state index is 13.2. The molecular weight excluding hydrogens is 492 g/mol. The van der Waals surface area contributed by atoms with Crippen LogP contribution in [0.4, 0.5) is 4.79 Å². The second kappa shape index (κ2) is 11.0. The quantitative estimate of drug-likeness (QED) is 0.557.